The molecule has 0 saturated carbocycles. The minimum absolute atomic E-state index is 0.842. The van der Waals surface area contributed by atoms with Gasteiger partial charge in [0, 0.05) is 43.9 Å². The number of aryl methyl sites for hydroxylation is 2. The van der Waals surface area contributed by atoms with Crippen LogP contribution < -0.4 is 0 Å². The van der Waals surface area contributed by atoms with Crippen molar-refractivity contribution in [1.29, 1.82) is 0 Å². The highest BCUT2D eigenvalue weighted by molar-refractivity contribution is 6.11. The molecule has 63 heavy (non-hydrogen) atoms. The fourth-order valence-electron chi connectivity index (χ4n) is 9.39. The third kappa shape index (κ3) is 6.59. The standard InChI is InChI=1S/C59H44N2O2/c1-5-45(53-36-43(40-18-8-6-9-19-40)35-52(60-53)37(2)32-58-38(3)46-22-15-17-27-56(46)63-58)59-39(4)62-57-31-29-42(34-51(57)59)48-24-13-12-23-47(48)41-28-30-55-50(33-41)49-25-14-16-26-54(49)61(55)44-20-10-7-11-21-44/h5-36H,1-4H3/b37-32+,45-5-. The maximum Gasteiger partial charge on any atom is 0.135 e. The molecule has 0 fully saturated rings. The summed E-state index contributed by atoms with van der Waals surface area (Å²) >= 11 is 0. The molecule has 4 nitrogen and oxygen atoms in total. The quantitative estimate of drug-likeness (QED) is 0.153. The van der Waals surface area contributed by atoms with Gasteiger partial charge in [0.15, 0.2) is 0 Å². The lowest BCUT2D eigenvalue weighted by molar-refractivity contribution is 0.577. The number of fused-ring (bicyclic) bond motifs is 5. The molecule has 0 bridgehead atoms. The maximum absolute atomic E-state index is 6.56. The molecule has 0 amide bonds. The summed E-state index contributed by atoms with van der Waals surface area (Å²) in [7, 11) is 0. The van der Waals surface area contributed by atoms with Gasteiger partial charge in [-0.3, -0.25) is 0 Å². The van der Waals surface area contributed by atoms with Crippen LogP contribution in [0, 0.1) is 13.8 Å². The molecule has 4 heterocycles. The predicted octanol–water partition coefficient (Wildman–Crippen LogP) is 16.3. The molecule has 0 aliphatic heterocycles. The van der Waals surface area contributed by atoms with Crippen molar-refractivity contribution in [3.8, 4) is 39.1 Å². The molecule has 302 valence electrons. The van der Waals surface area contributed by atoms with Gasteiger partial charge in [0.25, 0.3) is 0 Å². The number of hydrogen-bond acceptors (Lipinski definition) is 3. The number of rotatable bonds is 8. The number of para-hydroxylation sites is 3. The normalized spacial score (nSPS) is 12.3. The maximum atomic E-state index is 6.56. The number of aromatic nitrogens is 2. The van der Waals surface area contributed by atoms with Crippen molar-refractivity contribution in [2.24, 2.45) is 0 Å². The molecule has 0 atom stereocenters. The number of furan rings is 2. The van der Waals surface area contributed by atoms with Crippen LogP contribution in [0.15, 0.2) is 197 Å². The molecule has 0 saturated heterocycles. The molecule has 4 aromatic heterocycles. The average Bonchev–Trinajstić information content (AvgIpc) is 3.96. The third-order valence-electron chi connectivity index (χ3n) is 12.5. The smallest absolute Gasteiger partial charge is 0.135 e. The van der Waals surface area contributed by atoms with E-state index < -0.39 is 0 Å². The van der Waals surface area contributed by atoms with Gasteiger partial charge in [0.05, 0.1) is 22.4 Å². The summed E-state index contributed by atoms with van der Waals surface area (Å²) in [6.07, 6.45) is 4.29. The lowest BCUT2D eigenvalue weighted by atomic mass is 9.91. The van der Waals surface area contributed by atoms with Crippen LogP contribution in [0.25, 0.3) is 100 Å². The predicted molar refractivity (Wildman–Crippen MR) is 263 cm³/mol. The summed E-state index contributed by atoms with van der Waals surface area (Å²) in [4.78, 5) is 5.39. The molecule has 0 spiro atoms. The summed E-state index contributed by atoms with van der Waals surface area (Å²) in [5.74, 6) is 1.69. The Bertz CT molecular complexity index is 3600. The highest BCUT2D eigenvalue weighted by Gasteiger charge is 2.21. The SMILES string of the molecule is C/C=C(/c1cc(-c2ccccc2)cc(/C(C)=C/c2oc3ccccc3c2C)n1)c1c(C)oc2ccc(-c3ccccc3-c3ccc4c(c3)c3ccccc3n4-c3ccccc3)cc12. The number of nitrogens with zero attached hydrogens (tertiary/aromatic N) is 2. The molecular weight excluding hydrogens is 769 g/mol. The third-order valence-corrected chi connectivity index (χ3v) is 12.5. The van der Waals surface area contributed by atoms with Gasteiger partial charge in [-0.05, 0) is 133 Å². The lowest BCUT2D eigenvalue weighted by Gasteiger charge is -2.14. The van der Waals surface area contributed by atoms with Crippen molar-refractivity contribution < 1.29 is 8.83 Å². The second-order valence-electron chi connectivity index (χ2n) is 16.3. The van der Waals surface area contributed by atoms with E-state index in [1.807, 2.05) is 12.1 Å². The van der Waals surface area contributed by atoms with E-state index in [1.165, 1.54) is 32.9 Å². The Hall–Kier alpha value is -7.95. The summed E-state index contributed by atoms with van der Waals surface area (Å²) in [5, 5.41) is 4.63. The van der Waals surface area contributed by atoms with E-state index in [0.717, 1.165) is 95.1 Å². The molecule has 0 unspecified atom stereocenters. The Balaban J connectivity index is 1.03. The van der Waals surface area contributed by atoms with E-state index in [2.05, 4.69) is 214 Å². The zero-order valence-corrected chi connectivity index (χ0v) is 35.7. The van der Waals surface area contributed by atoms with Crippen molar-refractivity contribution in [1.82, 2.24) is 9.55 Å². The van der Waals surface area contributed by atoms with Crippen LogP contribution in [0.5, 0.6) is 0 Å². The first-order chi connectivity index (χ1) is 30.9. The topological polar surface area (TPSA) is 44.1 Å². The van der Waals surface area contributed by atoms with Gasteiger partial charge in [0.1, 0.15) is 22.7 Å². The highest BCUT2D eigenvalue weighted by atomic mass is 16.3. The zero-order chi connectivity index (χ0) is 42.6. The van der Waals surface area contributed by atoms with Crippen LogP contribution in [-0.4, -0.2) is 9.55 Å². The monoisotopic (exact) mass is 812 g/mol. The van der Waals surface area contributed by atoms with E-state index in [0.29, 0.717) is 0 Å². The number of hydrogen-bond donors (Lipinski definition) is 0. The Morgan fingerprint density at radius 3 is 1.86 bits per heavy atom. The summed E-state index contributed by atoms with van der Waals surface area (Å²) in [6, 6.07) is 64.6. The first-order valence-corrected chi connectivity index (χ1v) is 21.6. The van der Waals surface area contributed by atoms with Gasteiger partial charge in [0.2, 0.25) is 0 Å². The van der Waals surface area contributed by atoms with Gasteiger partial charge in [-0.2, -0.15) is 0 Å². The van der Waals surface area contributed by atoms with Crippen LogP contribution in [-0.2, 0) is 0 Å². The Kier molecular flexibility index (Phi) is 9.35. The molecule has 0 aliphatic carbocycles. The molecule has 11 rings (SSSR count). The van der Waals surface area contributed by atoms with Crippen LogP contribution in [0.3, 0.4) is 0 Å². The molecule has 7 aromatic carbocycles. The van der Waals surface area contributed by atoms with Gasteiger partial charge < -0.3 is 13.4 Å². The van der Waals surface area contributed by atoms with Crippen molar-refractivity contribution in [2.75, 3.05) is 0 Å². The number of pyridine rings is 1. The second kappa shape index (κ2) is 15.5. The van der Waals surface area contributed by atoms with Crippen LogP contribution in [0.2, 0.25) is 0 Å². The van der Waals surface area contributed by atoms with Crippen LogP contribution >= 0.6 is 0 Å². The summed E-state index contributed by atoms with van der Waals surface area (Å²) < 4.78 is 15.3. The van der Waals surface area contributed by atoms with Gasteiger partial charge in [-0.15, -0.1) is 0 Å². The first kappa shape index (κ1) is 38.0. The van der Waals surface area contributed by atoms with Crippen LogP contribution in [0.4, 0.5) is 0 Å². The fourth-order valence-corrected chi connectivity index (χ4v) is 9.39. The Morgan fingerprint density at radius 1 is 0.508 bits per heavy atom. The minimum atomic E-state index is 0.842. The number of allylic oxidation sites excluding steroid dienone is 2. The van der Waals surface area contributed by atoms with E-state index >= 15 is 0 Å². The first-order valence-electron chi connectivity index (χ1n) is 21.6. The van der Waals surface area contributed by atoms with Crippen molar-refractivity contribution in [2.45, 2.75) is 27.7 Å². The summed E-state index contributed by atoms with van der Waals surface area (Å²) in [6.45, 7) is 8.38. The molecule has 11 aromatic rings. The van der Waals surface area contributed by atoms with Gasteiger partial charge >= 0.3 is 0 Å². The Morgan fingerprint density at radius 2 is 1.11 bits per heavy atom. The molecule has 4 heteroatoms. The van der Waals surface area contributed by atoms with Crippen LogP contribution in [0.1, 0.15) is 47.9 Å². The molecule has 0 radical (unpaired) electrons. The van der Waals surface area contributed by atoms with Crippen molar-refractivity contribution >= 4 is 61.0 Å². The molecule has 0 aliphatic rings. The largest absolute Gasteiger partial charge is 0.461 e. The average molecular weight is 813 g/mol. The second-order valence-corrected chi connectivity index (χ2v) is 16.3. The Labute approximate surface area is 366 Å². The van der Waals surface area contributed by atoms with Crippen molar-refractivity contribution in [3.05, 3.63) is 222 Å². The van der Waals surface area contributed by atoms with Gasteiger partial charge in [-0.1, -0.05) is 127 Å². The highest BCUT2D eigenvalue weighted by Crippen LogP contribution is 2.42. The van der Waals surface area contributed by atoms with Crippen molar-refractivity contribution in [3.63, 3.8) is 0 Å². The fraction of sp³-hybridized carbons (Fsp3) is 0.0678. The number of benzene rings is 7. The van der Waals surface area contributed by atoms with E-state index in [-0.39, 0.29) is 0 Å². The minimum Gasteiger partial charge on any atom is -0.461 e. The van der Waals surface area contributed by atoms with E-state index in [1.54, 1.807) is 0 Å². The lowest BCUT2D eigenvalue weighted by Crippen LogP contribution is -1.98. The zero-order valence-electron chi connectivity index (χ0n) is 35.7. The van der Waals surface area contributed by atoms with E-state index in [4.69, 9.17) is 13.8 Å². The van der Waals surface area contributed by atoms with E-state index in [9.17, 15) is 0 Å². The molecular formula is C59H44N2O2. The molecule has 0 N–H and O–H groups in total. The van der Waals surface area contributed by atoms with Gasteiger partial charge in [-0.25, -0.2) is 4.98 Å². The summed E-state index contributed by atoms with van der Waals surface area (Å²) in [5.41, 5.74) is 18.0.